The van der Waals surface area contributed by atoms with Gasteiger partial charge < -0.3 is 15.8 Å². The van der Waals surface area contributed by atoms with Crippen molar-refractivity contribution in [1.29, 1.82) is 0 Å². The van der Waals surface area contributed by atoms with Crippen molar-refractivity contribution >= 4 is 11.8 Å². The Kier molecular flexibility index (Phi) is 4.96. The number of amides is 2. The molecule has 5 nitrogen and oxygen atoms in total. The van der Waals surface area contributed by atoms with Crippen molar-refractivity contribution in [3.05, 3.63) is 35.4 Å². The standard InChI is InChI=1S/C16H22N2O3/c1-2-12-3-5-13(6-4-12)7-8-15(20)18-16(9-14(17)19)10-21-11-16/h3-6H,2,7-11H2,1H3,(H2,17,19)(H,18,20). The van der Waals surface area contributed by atoms with Crippen LogP contribution in [0.2, 0.25) is 0 Å². The SMILES string of the molecule is CCc1ccc(CCC(=O)NC2(CC(N)=O)COC2)cc1. The first-order valence-corrected chi connectivity index (χ1v) is 7.28. The van der Waals surface area contributed by atoms with Gasteiger partial charge in [-0.25, -0.2) is 0 Å². The number of ether oxygens (including phenoxy) is 1. The molecule has 1 aromatic carbocycles. The van der Waals surface area contributed by atoms with Gasteiger partial charge in [0.1, 0.15) is 0 Å². The van der Waals surface area contributed by atoms with Gasteiger partial charge in [-0.2, -0.15) is 0 Å². The number of carbonyl (C=O) groups is 2. The minimum absolute atomic E-state index is 0.0703. The first-order valence-electron chi connectivity index (χ1n) is 7.28. The van der Waals surface area contributed by atoms with Crippen molar-refractivity contribution in [3.63, 3.8) is 0 Å². The van der Waals surface area contributed by atoms with E-state index in [1.54, 1.807) is 0 Å². The number of hydrogen-bond acceptors (Lipinski definition) is 3. The van der Waals surface area contributed by atoms with Crippen LogP contribution in [0.3, 0.4) is 0 Å². The minimum atomic E-state index is -0.588. The summed E-state index contributed by atoms with van der Waals surface area (Å²) < 4.78 is 5.11. The summed E-state index contributed by atoms with van der Waals surface area (Å²) in [6.07, 6.45) is 2.22. The number of nitrogens with two attached hydrogens (primary N) is 1. The zero-order valence-electron chi connectivity index (χ0n) is 12.4. The fourth-order valence-electron chi connectivity index (χ4n) is 2.46. The van der Waals surface area contributed by atoms with Crippen LogP contribution in [0.1, 0.15) is 30.9 Å². The molecule has 0 aromatic heterocycles. The summed E-state index contributed by atoms with van der Waals surface area (Å²) in [5.41, 5.74) is 7.04. The maximum absolute atomic E-state index is 12.0. The zero-order chi connectivity index (χ0) is 15.3. The van der Waals surface area contributed by atoms with Gasteiger partial charge in [0, 0.05) is 6.42 Å². The molecular formula is C16H22N2O3. The molecule has 0 saturated carbocycles. The van der Waals surface area contributed by atoms with Crippen molar-refractivity contribution in [2.75, 3.05) is 13.2 Å². The number of nitrogens with one attached hydrogen (secondary N) is 1. The molecule has 5 heteroatoms. The van der Waals surface area contributed by atoms with E-state index in [1.807, 2.05) is 0 Å². The van der Waals surface area contributed by atoms with E-state index in [4.69, 9.17) is 10.5 Å². The highest BCUT2D eigenvalue weighted by Gasteiger charge is 2.41. The molecule has 1 heterocycles. The molecule has 0 bridgehead atoms. The smallest absolute Gasteiger partial charge is 0.220 e. The zero-order valence-corrected chi connectivity index (χ0v) is 12.4. The van der Waals surface area contributed by atoms with Gasteiger partial charge in [-0.3, -0.25) is 9.59 Å². The Bertz CT molecular complexity index is 507. The van der Waals surface area contributed by atoms with Crippen molar-refractivity contribution in [2.24, 2.45) is 5.73 Å². The van der Waals surface area contributed by atoms with Gasteiger partial charge in [-0.1, -0.05) is 31.2 Å². The van der Waals surface area contributed by atoms with Crippen molar-refractivity contribution in [3.8, 4) is 0 Å². The van der Waals surface area contributed by atoms with E-state index in [0.29, 0.717) is 26.1 Å². The summed E-state index contributed by atoms with van der Waals surface area (Å²) >= 11 is 0. The molecule has 114 valence electrons. The van der Waals surface area contributed by atoms with Crippen LogP contribution in [0.25, 0.3) is 0 Å². The third-order valence-corrected chi connectivity index (χ3v) is 3.75. The van der Waals surface area contributed by atoms with E-state index in [9.17, 15) is 9.59 Å². The Balaban J connectivity index is 1.82. The number of benzene rings is 1. The lowest BCUT2D eigenvalue weighted by molar-refractivity contribution is -0.138. The summed E-state index contributed by atoms with van der Waals surface area (Å²) in [5, 5.41) is 2.89. The maximum Gasteiger partial charge on any atom is 0.220 e. The Morgan fingerprint density at radius 2 is 1.86 bits per heavy atom. The number of primary amides is 1. The number of aryl methyl sites for hydroxylation is 2. The third kappa shape index (κ3) is 4.29. The van der Waals surface area contributed by atoms with Gasteiger partial charge in [0.05, 0.1) is 25.2 Å². The summed E-state index contributed by atoms with van der Waals surface area (Å²) in [7, 11) is 0. The summed E-state index contributed by atoms with van der Waals surface area (Å²) in [5.74, 6) is -0.493. The van der Waals surface area contributed by atoms with E-state index in [0.717, 1.165) is 12.0 Å². The van der Waals surface area contributed by atoms with Crippen LogP contribution in [0.5, 0.6) is 0 Å². The van der Waals surface area contributed by atoms with Crippen LogP contribution in [0.4, 0.5) is 0 Å². The molecule has 1 aliphatic heterocycles. The molecule has 0 radical (unpaired) electrons. The van der Waals surface area contributed by atoms with Gasteiger partial charge >= 0.3 is 0 Å². The second kappa shape index (κ2) is 6.72. The lowest BCUT2D eigenvalue weighted by atomic mass is 9.92. The molecule has 3 N–H and O–H groups in total. The summed E-state index contributed by atoms with van der Waals surface area (Å²) in [6.45, 7) is 2.82. The van der Waals surface area contributed by atoms with Gasteiger partial charge in [-0.15, -0.1) is 0 Å². The molecule has 0 spiro atoms. The van der Waals surface area contributed by atoms with Crippen molar-refractivity contribution < 1.29 is 14.3 Å². The van der Waals surface area contributed by atoms with Gasteiger partial charge in [0.15, 0.2) is 0 Å². The molecule has 2 rings (SSSR count). The highest BCUT2D eigenvalue weighted by atomic mass is 16.5. The monoisotopic (exact) mass is 290 g/mol. The first kappa shape index (κ1) is 15.5. The Hall–Kier alpha value is -1.88. The normalized spacial score (nSPS) is 16.0. The largest absolute Gasteiger partial charge is 0.376 e. The third-order valence-electron chi connectivity index (χ3n) is 3.75. The van der Waals surface area contributed by atoms with Gasteiger partial charge in [0.25, 0.3) is 0 Å². The van der Waals surface area contributed by atoms with Gasteiger partial charge in [-0.05, 0) is 24.0 Å². The average Bonchev–Trinajstić information content (AvgIpc) is 2.43. The first-order chi connectivity index (χ1) is 10.0. The molecule has 21 heavy (non-hydrogen) atoms. The van der Waals surface area contributed by atoms with Crippen LogP contribution < -0.4 is 11.1 Å². The van der Waals surface area contributed by atoms with Crippen LogP contribution in [0.15, 0.2) is 24.3 Å². The van der Waals surface area contributed by atoms with Crippen LogP contribution in [-0.4, -0.2) is 30.6 Å². The van der Waals surface area contributed by atoms with E-state index < -0.39 is 11.4 Å². The number of rotatable bonds is 7. The second-order valence-electron chi connectivity index (χ2n) is 5.63. The van der Waals surface area contributed by atoms with Crippen LogP contribution >= 0.6 is 0 Å². The fraction of sp³-hybridized carbons (Fsp3) is 0.500. The van der Waals surface area contributed by atoms with Gasteiger partial charge in [0.2, 0.25) is 11.8 Å². The number of carbonyl (C=O) groups excluding carboxylic acids is 2. The predicted molar refractivity (Wildman–Crippen MR) is 79.6 cm³/mol. The molecule has 0 unspecified atom stereocenters. The Labute approximate surface area is 124 Å². The van der Waals surface area contributed by atoms with E-state index in [1.165, 1.54) is 5.56 Å². The molecule has 2 amide bonds. The topological polar surface area (TPSA) is 81.4 Å². The minimum Gasteiger partial charge on any atom is -0.376 e. The molecule has 0 atom stereocenters. The highest BCUT2D eigenvalue weighted by molar-refractivity contribution is 5.80. The molecule has 1 aliphatic rings. The fourth-order valence-corrected chi connectivity index (χ4v) is 2.46. The van der Waals surface area contributed by atoms with Crippen molar-refractivity contribution in [1.82, 2.24) is 5.32 Å². The molecule has 0 aliphatic carbocycles. The second-order valence-corrected chi connectivity index (χ2v) is 5.63. The molecule has 1 aromatic rings. The average molecular weight is 290 g/mol. The lowest BCUT2D eigenvalue weighted by Gasteiger charge is -2.41. The van der Waals surface area contributed by atoms with E-state index >= 15 is 0 Å². The summed E-state index contributed by atoms with van der Waals surface area (Å²) in [6, 6.07) is 8.28. The maximum atomic E-state index is 12.0. The van der Waals surface area contributed by atoms with Crippen molar-refractivity contribution in [2.45, 2.75) is 38.1 Å². The van der Waals surface area contributed by atoms with E-state index in [-0.39, 0.29) is 12.3 Å². The highest BCUT2D eigenvalue weighted by Crippen LogP contribution is 2.21. The summed E-state index contributed by atoms with van der Waals surface area (Å²) in [4.78, 5) is 23.1. The molecular weight excluding hydrogens is 268 g/mol. The van der Waals surface area contributed by atoms with E-state index in [2.05, 4.69) is 36.5 Å². The van der Waals surface area contributed by atoms with Crippen LogP contribution in [0, 0.1) is 0 Å². The quantitative estimate of drug-likeness (QED) is 0.784. The van der Waals surface area contributed by atoms with Crippen LogP contribution in [-0.2, 0) is 27.2 Å². The Morgan fingerprint density at radius 1 is 1.24 bits per heavy atom. The predicted octanol–water partition coefficient (Wildman–Crippen LogP) is 0.942. The molecule has 1 saturated heterocycles. The lowest BCUT2D eigenvalue weighted by Crippen LogP contribution is -2.63. The Morgan fingerprint density at radius 3 is 2.33 bits per heavy atom. The molecule has 1 fully saturated rings. The number of hydrogen-bond donors (Lipinski definition) is 2.